The van der Waals surface area contributed by atoms with Gasteiger partial charge in [-0.05, 0) is 12.5 Å². The summed E-state index contributed by atoms with van der Waals surface area (Å²) in [5, 5.41) is 12.7. The first-order chi connectivity index (χ1) is 8.65. The number of aryl methyl sites for hydroxylation is 1. The number of thiazole rings is 1. The van der Waals surface area contributed by atoms with Gasteiger partial charge in [-0.15, -0.1) is 11.3 Å². The maximum atomic E-state index is 10.7. The van der Waals surface area contributed by atoms with E-state index in [-0.39, 0.29) is 6.42 Å². The highest BCUT2D eigenvalue weighted by Gasteiger charge is 2.10. The summed E-state index contributed by atoms with van der Waals surface area (Å²) >= 11 is 1.40. The zero-order valence-electron chi connectivity index (χ0n) is 10.0. The third-order valence-corrected chi connectivity index (χ3v) is 3.61. The number of benzene rings is 1. The van der Waals surface area contributed by atoms with Crippen molar-refractivity contribution in [3.63, 3.8) is 0 Å². The van der Waals surface area contributed by atoms with E-state index < -0.39 is 5.97 Å². The number of nitrogens with zero attached hydrogens (tertiary/aromatic N) is 1. The van der Waals surface area contributed by atoms with E-state index in [4.69, 9.17) is 5.11 Å². The number of rotatable bonds is 5. The minimum absolute atomic E-state index is 0.0382. The van der Waals surface area contributed by atoms with Crippen LogP contribution in [0.15, 0.2) is 30.3 Å². The number of aromatic nitrogens is 1. The third-order valence-electron chi connectivity index (χ3n) is 2.49. The molecule has 0 aliphatic carbocycles. The fourth-order valence-electron chi connectivity index (χ4n) is 1.58. The topological polar surface area (TPSA) is 62.2 Å². The Hall–Kier alpha value is -1.88. The van der Waals surface area contributed by atoms with E-state index in [0.29, 0.717) is 6.54 Å². The Kier molecular flexibility index (Phi) is 3.94. The fourth-order valence-corrected chi connectivity index (χ4v) is 2.53. The maximum absolute atomic E-state index is 10.7. The van der Waals surface area contributed by atoms with Gasteiger partial charge in [0, 0.05) is 11.4 Å². The van der Waals surface area contributed by atoms with E-state index in [0.717, 1.165) is 15.7 Å². The van der Waals surface area contributed by atoms with Crippen LogP contribution in [0.5, 0.6) is 0 Å². The van der Waals surface area contributed by atoms with Crippen LogP contribution in [0.1, 0.15) is 16.1 Å². The highest BCUT2D eigenvalue weighted by Crippen LogP contribution is 2.23. The van der Waals surface area contributed by atoms with Gasteiger partial charge in [0.2, 0.25) is 0 Å². The molecule has 0 unspecified atom stereocenters. The van der Waals surface area contributed by atoms with Crippen LogP contribution in [-0.2, 0) is 17.8 Å². The summed E-state index contributed by atoms with van der Waals surface area (Å²) in [5.74, 6) is -0.823. The molecular weight excluding hydrogens is 248 g/mol. The van der Waals surface area contributed by atoms with E-state index in [9.17, 15) is 4.79 Å². The van der Waals surface area contributed by atoms with Crippen molar-refractivity contribution in [2.75, 3.05) is 5.32 Å². The molecule has 4 nitrogen and oxygen atoms in total. The van der Waals surface area contributed by atoms with Gasteiger partial charge in [-0.1, -0.05) is 30.3 Å². The van der Waals surface area contributed by atoms with Crippen LogP contribution in [-0.4, -0.2) is 16.1 Å². The molecule has 0 aliphatic heterocycles. The minimum atomic E-state index is -0.823. The molecule has 0 bridgehead atoms. The number of hydrogen-bond donors (Lipinski definition) is 2. The first-order valence-corrected chi connectivity index (χ1v) is 6.42. The van der Waals surface area contributed by atoms with Gasteiger partial charge >= 0.3 is 5.97 Å². The Labute approximate surface area is 109 Å². The Balaban J connectivity index is 2.00. The molecule has 0 aliphatic rings. The van der Waals surface area contributed by atoms with E-state index >= 15 is 0 Å². The normalized spacial score (nSPS) is 10.3. The van der Waals surface area contributed by atoms with Crippen LogP contribution in [0.25, 0.3) is 0 Å². The van der Waals surface area contributed by atoms with Gasteiger partial charge in [0.25, 0.3) is 0 Å². The van der Waals surface area contributed by atoms with Gasteiger partial charge in [-0.2, -0.15) is 0 Å². The Morgan fingerprint density at radius 1 is 1.39 bits per heavy atom. The predicted octanol–water partition coefficient (Wildman–Crippen LogP) is 2.69. The molecule has 0 radical (unpaired) electrons. The highest BCUT2D eigenvalue weighted by molar-refractivity contribution is 7.15. The Morgan fingerprint density at radius 3 is 2.78 bits per heavy atom. The van der Waals surface area contributed by atoms with Crippen molar-refractivity contribution in [1.29, 1.82) is 0 Å². The molecule has 1 heterocycles. The standard InChI is InChI=1S/C13H14N2O2S/c1-9-11(7-12(16)17)18-13(15-9)14-8-10-5-3-2-4-6-10/h2-6H,7-8H2,1H3,(H,14,15)(H,16,17). The number of carboxylic acids is 1. The van der Waals surface area contributed by atoms with E-state index in [1.54, 1.807) is 0 Å². The summed E-state index contributed by atoms with van der Waals surface area (Å²) in [4.78, 5) is 15.8. The third kappa shape index (κ3) is 3.30. The SMILES string of the molecule is Cc1nc(NCc2ccccc2)sc1CC(=O)O. The molecule has 5 heteroatoms. The summed E-state index contributed by atoms with van der Waals surface area (Å²) in [6, 6.07) is 10.0. The average molecular weight is 262 g/mol. The first kappa shape index (κ1) is 12.6. The largest absolute Gasteiger partial charge is 0.481 e. The van der Waals surface area contributed by atoms with Gasteiger partial charge < -0.3 is 10.4 Å². The number of carboxylic acid groups (broad SMARTS) is 1. The molecule has 1 aromatic carbocycles. The van der Waals surface area contributed by atoms with Crippen molar-refractivity contribution in [3.8, 4) is 0 Å². The van der Waals surface area contributed by atoms with Crippen molar-refractivity contribution in [1.82, 2.24) is 4.98 Å². The molecule has 94 valence electrons. The Bertz CT molecular complexity index is 537. The van der Waals surface area contributed by atoms with Crippen molar-refractivity contribution in [2.45, 2.75) is 19.9 Å². The molecule has 0 amide bonds. The van der Waals surface area contributed by atoms with Crippen molar-refractivity contribution >= 4 is 22.4 Å². The van der Waals surface area contributed by atoms with Gasteiger partial charge in [0.1, 0.15) is 0 Å². The second-order valence-corrected chi connectivity index (χ2v) is 5.02. The molecule has 18 heavy (non-hydrogen) atoms. The molecule has 0 fully saturated rings. The van der Waals surface area contributed by atoms with E-state index in [1.807, 2.05) is 37.3 Å². The van der Waals surface area contributed by atoms with Crippen LogP contribution in [0.3, 0.4) is 0 Å². The van der Waals surface area contributed by atoms with Gasteiger partial charge in [0.15, 0.2) is 5.13 Å². The number of nitrogens with one attached hydrogen (secondary N) is 1. The second-order valence-electron chi connectivity index (χ2n) is 3.94. The number of anilines is 1. The van der Waals surface area contributed by atoms with Gasteiger partial charge in [-0.3, -0.25) is 4.79 Å². The molecule has 2 N–H and O–H groups in total. The van der Waals surface area contributed by atoms with Crippen molar-refractivity contribution in [3.05, 3.63) is 46.5 Å². The van der Waals surface area contributed by atoms with Crippen LogP contribution < -0.4 is 5.32 Å². The molecule has 0 spiro atoms. The first-order valence-electron chi connectivity index (χ1n) is 5.61. The van der Waals surface area contributed by atoms with E-state index in [1.165, 1.54) is 16.9 Å². The zero-order valence-corrected chi connectivity index (χ0v) is 10.8. The minimum Gasteiger partial charge on any atom is -0.481 e. The quantitative estimate of drug-likeness (QED) is 0.869. The van der Waals surface area contributed by atoms with Crippen molar-refractivity contribution < 1.29 is 9.90 Å². The fraction of sp³-hybridized carbons (Fsp3) is 0.231. The summed E-state index contributed by atoms with van der Waals surface area (Å²) < 4.78 is 0. The van der Waals surface area contributed by atoms with Crippen molar-refractivity contribution in [2.24, 2.45) is 0 Å². The zero-order chi connectivity index (χ0) is 13.0. The number of aliphatic carboxylic acids is 1. The molecule has 0 saturated heterocycles. The van der Waals surface area contributed by atoms with Crippen LogP contribution in [0.4, 0.5) is 5.13 Å². The smallest absolute Gasteiger partial charge is 0.308 e. The summed E-state index contributed by atoms with van der Waals surface area (Å²) in [7, 11) is 0. The molecule has 2 rings (SSSR count). The summed E-state index contributed by atoms with van der Waals surface area (Å²) in [5.41, 5.74) is 1.96. The van der Waals surface area contributed by atoms with Crippen LogP contribution in [0.2, 0.25) is 0 Å². The monoisotopic (exact) mass is 262 g/mol. The summed E-state index contributed by atoms with van der Waals surface area (Å²) in [6.45, 7) is 2.53. The predicted molar refractivity (Wildman–Crippen MR) is 72.0 cm³/mol. The molecule has 1 aromatic heterocycles. The average Bonchev–Trinajstić information content (AvgIpc) is 2.68. The molecule has 0 atom stereocenters. The molecular formula is C13H14N2O2S. The van der Waals surface area contributed by atoms with Crippen LogP contribution in [0, 0.1) is 6.92 Å². The lowest BCUT2D eigenvalue weighted by molar-refractivity contribution is -0.136. The molecule has 0 saturated carbocycles. The Morgan fingerprint density at radius 2 is 2.11 bits per heavy atom. The van der Waals surface area contributed by atoms with E-state index in [2.05, 4.69) is 10.3 Å². The number of hydrogen-bond acceptors (Lipinski definition) is 4. The lowest BCUT2D eigenvalue weighted by Gasteiger charge is -2.01. The molecule has 2 aromatic rings. The lowest BCUT2D eigenvalue weighted by atomic mass is 10.2. The highest BCUT2D eigenvalue weighted by atomic mass is 32.1. The van der Waals surface area contributed by atoms with Gasteiger partial charge in [0.05, 0.1) is 12.1 Å². The van der Waals surface area contributed by atoms with Crippen LogP contribution >= 0.6 is 11.3 Å². The maximum Gasteiger partial charge on any atom is 0.308 e. The van der Waals surface area contributed by atoms with Gasteiger partial charge in [-0.25, -0.2) is 4.98 Å². The second kappa shape index (κ2) is 5.64. The number of carbonyl (C=O) groups is 1. The lowest BCUT2D eigenvalue weighted by Crippen LogP contribution is -1.99. The summed E-state index contributed by atoms with van der Waals surface area (Å²) in [6.07, 6.45) is 0.0382.